The van der Waals surface area contributed by atoms with Crippen molar-refractivity contribution in [2.75, 3.05) is 0 Å². The number of hydrogen-bond acceptors (Lipinski definition) is 3. The van der Waals surface area contributed by atoms with Crippen LogP contribution in [0, 0.1) is 0 Å². The fourth-order valence-electron chi connectivity index (χ4n) is 2.00. The minimum absolute atomic E-state index is 0.0653. The molecule has 0 bridgehead atoms. The standard InChI is InChI=1S/C18H19NO2/c1-14(18(21)16-10-6-3-7-11-16)19-13-12-17(20)15-8-4-2-5-9-15/h2-14,18-19,21H,1H3/b13-12+. The molecule has 2 aromatic carbocycles. The first-order valence-corrected chi connectivity index (χ1v) is 6.93. The van der Waals surface area contributed by atoms with Crippen LogP contribution in [0.15, 0.2) is 72.9 Å². The smallest absolute Gasteiger partial charge is 0.187 e. The van der Waals surface area contributed by atoms with Crippen LogP contribution in [-0.2, 0) is 0 Å². The maximum atomic E-state index is 11.9. The van der Waals surface area contributed by atoms with E-state index >= 15 is 0 Å². The van der Waals surface area contributed by atoms with Gasteiger partial charge >= 0.3 is 0 Å². The summed E-state index contributed by atoms with van der Waals surface area (Å²) in [6, 6.07) is 18.3. The third-order valence-corrected chi connectivity index (χ3v) is 3.27. The maximum Gasteiger partial charge on any atom is 0.187 e. The molecule has 0 aliphatic rings. The first-order valence-electron chi connectivity index (χ1n) is 6.93. The fraction of sp³-hybridized carbons (Fsp3) is 0.167. The van der Waals surface area contributed by atoms with Crippen molar-refractivity contribution in [1.82, 2.24) is 5.32 Å². The van der Waals surface area contributed by atoms with E-state index in [9.17, 15) is 9.90 Å². The maximum absolute atomic E-state index is 11.9. The van der Waals surface area contributed by atoms with Crippen LogP contribution < -0.4 is 5.32 Å². The lowest BCUT2D eigenvalue weighted by atomic mass is 10.0. The van der Waals surface area contributed by atoms with E-state index in [-0.39, 0.29) is 11.8 Å². The lowest BCUT2D eigenvalue weighted by Crippen LogP contribution is -2.28. The monoisotopic (exact) mass is 281 g/mol. The number of benzene rings is 2. The largest absolute Gasteiger partial charge is 0.386 e. The van der Waals surface area contributed by atoms with Gasteiger partial charge in [-0.3, -0.25) is 4.79 Å². The molecule has 2 rings (SSSR count). The predicted molar refractivity (Wildman–Crippen MR) is 83.9 cm³/mol. The number of aliphatic hydroxyl groups is 1. The number of nitrogens with one attached hydrogen (secondary N) is 1. The summed E-state index contributed by atoms with van der Waals surface area (Å²) in [5.74, 6) is -0.0653. The third-order valence-electron chi connectivity index (χ3n) is 3.27. The lowest BCUT2D eigenvalue weighted by molar-refractivity contribution is 0.104. The van der Waals surface area contributed by atoms with Crippen molar-refractivity contribution >= 4 is 5.78 Å². The van der Waals surface area contributed by atoms with Crippen molar-refractivity contribution in [3.63, 3.8) is 0 Å². The topological polar surface area (TPSA) is 49.3 Å². The predicted octanol–water partition coefficient (Wildman–Crippen LogP) is 3.09. The molecular formula is C18H19NO2. The number of rotatable bonds is 6. The summed E-state index contributed by atoms with van der Waals surface area (Å²) < 4.78 is 0. The Morgan fingerprint density at radius 2 is 1.62 bits per heavy atom. The third kappa shape index (κ3) is 4.29. The Morgan fingerprint density at radius 1 is 1.05 bits per heavy atom. The van der Waals surface area contributed by atoms with Gasteiger partial charge in [0, 0.05) is 17.8 Å². The Balaban J connectivity index is 1.90. The molecule has 21 heavy (non-hydrogen) atoms. The van der Waals surface area contributed by atoms with Crippen LogP contribution in [-0.4, -0.2) is 16.9 Å². The van der Waals surface area contributed by atoms with Gasteiger partial charge in [-0.1, -0.05) is 60.7 Å². The number of aliphatic hydroxyl groups excluding tert-OH is 1. The SMILES string of the molecule is CC(N/C=C/C(=O)c1ccccc1)C(O)c1ccccc1. The van der Waals surface area contributed by atoms with Gasteiger partial charge in [-0.05, 0) is 12.5 Å². The molecule has 2 atom stereocenters. The number of carbonyl (C=O) groups excluding carboxylic acids is 1. The summed E-state index contributed by atoms with van der Waals surface area (Å²) in [5.41, 5.74) is 1.49. The second-order valence-electron chi connectivity index (χ2n) is 4.87. The quantitative estimate of drug-likeness (QED) is 0.632. The highest BCUT2D eigenvalue weighted by molar-refractivity contribution is 6.04. The fourth-order valence-corrected chi connectivity index (χ4v) is 2.00. The summed E-state index contributed by atoms with van der Waals surface area (Å²) >= 11 is 0. The van der Waals surface area contributed by atoms with Crippen molar-refractivity contribution in [1.29, 1.82) is 0 Å². The Labute approximate surface area is 124 Å². The summed E-state index contributed by atoms with van der Waals surface area (Å²) in [6.07, 6.45) is 2.44. The summed E-state index contributed by atoms with van der Waals surface area (Å²) in [6.45, 7) is 1.87. The van der Waals surface area contributed by atoms with Crippen molar-refractivity contribution in [3.8, 4) is 0 Å². The Hall–Kier alpha value is -2.39. The molecule has 0 radical (unpaired) electrons. The van der Waals surface area contributed by atoms with Gasteiger partial charge in [-0.15, -0.1) is 0 Å². The second kappa shape index (κ2) is 7.41. The molecule has 0 aliphatic carbocycles. The molecule has 0 aliphatic heterocycles. The van der Waals surface area contributed by atoms with E-state index in [0.717, 1.165) is 5.56 Å². The molecule has 2 aromatic rings. The van der Waals surface area contributed by atoms with Gasteiger partial charge in [0.15, 0.2) is 5.78 Å². The van der Waals surface area contributed by atoms with Gasteiger partial charge in [0.1, 0.15) is 0 Å². The Morgan fingerprint density at radius 3 is 2.24 bits per heavy atom. The number of allylic oxidation sites excluding steroid dienone is 1. The van der Waals surface area contributed by atoms with Gasteiger partial charge in [-0.25, -0.2) is 0 Å². The zero-order valence-electron chi connectivity index (χ0n) is 11.9. The molecule has 0 amide bonds. The summed E-state index contributed by atoms with van der Waals surface area (Å²) in [7, 11) is 0. The van der Waals surface area contributed by atoms with Crippen LogP contribution in [0.5, 0.6) is 0 Å². The highest BCUT2D eigenvalue weighted by Gasteiger charge is 2.14. The van der Waals surface area contributed by atoms with Crippen LogP contribution in [0.3, 0.4) is 0 Å². The van der Waals surface area contributed by atoms with E-state index in [1.165, 1.54) is 6.08 Å². The average Bonchev–Trinajstić information content (AvgIpc) is 2.55. The van der Waals surface area contributed by atoms with E-state index in [4.69, 9.17) is 0 Å². The molecule has 3 heteroatoms. The van der Waals surface area contributed by atoms with Crippen LogP contribution in [0.2, 0.25) is 0 Å². The van der Waals surface area contributed by atoms with E-state index in [0.29, 0.717) is 5.56 Å². The minimum atomic E-state index is -0.623. The van der Waals surface area contributed by atoms with Gasteiger partial charge in [-0.2, -0.15) is 0 Å². The van der Waals surface area contributed by atoms with E-state index in [1.54, 1.807) is 18.3 Å². The molecule has 3 nitrogen and oxygen atoms in total. The highest BCUT2D eigenvalue weighted by atomic mass is 16.3. The van der Waals surface area contributed by atoms with Crippen molar-refractivity contribution in [2.24, 2.45) is 0 Å². The molecule has 2 unspecified atom stereocenters. The van der Waals surface area contributed by atoms with Crippen molar-refractivity contribution in [2.45, 2.75) is 19.1 Å². The van der Waals surface area contributed by atoms with E-state index in [1.807, 2.05) is 55.5 Å². The van der Waals surface area contributed by atoms with Crippen LogP contribution in [0.25, 0.3) is 0 Å². The average molecular weight is 281 g/mol. The minimum Gasteiger partial charge on any atom is -0.386 e. The normalized spacial score (nSPS) is 13.8. The highest BCUT2D eigenvalue weighted by Crippen LogP contribution is 2.15. The first-order chi connectivity index (χ1) is 10.2. The second-order valence-corrected chi connectivity index (χ2v) is 4.87. The van der Waals surface area contributed by atoms with Gasteiger partial charge < -0.3 is 10.4 Å². The van der Waals surface area contributed by atoms with Crippen LogP contribution in [0.4, 0.5) is 0 Å². The zero-order valence-corrected chi connectivity index (χ0v) is 11.9. The molecule has 0 fully saturated rings. The molecule has 0 saturated heterocycles. The van der Waals surface area contributed by atoms with Crippen molar-refractivity contribution in [3.05, 3.63) is 84.1 Å². The summed E-state index contributed by atoms with van der Waals surface area (Å²) in [4.78, 5) is 11.9. The molecular weight excluding hydrogens is 262 g/mol. The van der Waals surface area contributed by atoms with Gasteiger partial charge in [0.25, 0.3) is 0 Å². The van der Waals surface area contributed by atoms with Crippen molar-refractivity contribution < 1.29 is 9.90 Å². The molecule has 108 valence electrons. The lowest BCUT2D eigenvalue weighted by Gasteiger charge is -2.19. The van der Waals surface area contributed by atoms with Crippen LogP contribution >= 0.6 is 0 Å². The van der Waals surface area contributed by atoms with E-state index < -0.39 is 6.10 Å². The van der Waals surface area contributed by atoms with Crippen LogP contribution in [0.1, 0.15) is 28.9 Å². The Bertz CT molecular complexity index is 593. The molecule has 0 spiro atoms. The first kappa shape index (κ1) is 15.0. The molecule has 0 saturated carbocycles. The zero-order chi connectivity index (χ0) is 15.1. The number of ketones is 1. The van der Waals surface area contributed by atoms with E-state index in [2.05, 4.69) is 5.32 Å². The van der Waals surface area contributed by atoms with Gasteiger partial charge in [0.05, 0.1) is 12.1 Å². The Kier molecular flexibility index (Phi) is 5.29. The summed E-state index contributed by atoms with van der Waals surface area (Å²) in [5, 5.41) is 13.2. The van der Waals surface area contributed by atoms with Gasteiger partial charge in [0.2, 0.25) is 0 Å². The number of carbonyl (C=O) groups is 1. The molecule has 2 N–H and O–H groups in total. The molecule has 0 heterocycles. The molecule has 0 aromatic heterocycles. The number of hydrogen-bond donors (Lipinski definition) is 2.